The first kappa shape index (κ1) is 13.2. The van der Waals surface area contributed by atoms with E-state index in [9.17, 15) is 9.90 Å². The van der Waals surface area contributed by atoms with Gasteiger partial charge in [0.15, 0.2) is 0 Å². The van der Waals surface area contributed by atoms with Crippen molar-refractivity contribution in [2.75, 3.05) is 6.61 Å². The van der Waals surface area contributed by atoms with Gasteiger partial charge >= 0.3 is 6.03 Å². The Bertz CT molecular complexity index is 365. The Morgan fingerprint density at radius 3 is 2.94 bits per heavy atom. The largest absolute Gasteiger partial charge is 0.394 e. The van der Waals surface area contributed by atoms with Crippen molar-refractivity contribution in [3.8, 4) is 0 Å². The molecule has 0 aliphatic carbocycles. The lowest BCUT2D eigenvalue weighted by molar-refractivity contribution is -0.0669. The summed E-state index contributed by atoms with van der Waals surface area (Å²) in [5.74, 6) is 3.40. The third-order valence-corrected chi connectivity index (χ3v) is 2.91. The van der Waals surface area contributed by atoms with Crippen molar-refractivity contribution in [2.45, 2.75) is 30.7 Å². The molecule has 0 aromatic carbocycles. The van der Waals surface area contributed by atoms with Crippen molar-refractivity contribution in [1.82, 2.24) is 10.2 Å². The molecule has 9 nitrogen and oxygen atoms in total. The van der Waals surface area contributed by atoms with E-state index in [1.54, 1.807) is 0 Å². The highest BCUT2D eigenvalue weighted by Gasteiger charge is 2.41. The van der Waals surface area contributed by atoms with Crippen molar-refractivity contribution >= 4 is 6.03 Å². The van der Waals surface area contributed by atoms with E-state index in [2.05, 4.69) is 10.2 Å². The number of nitrogens with one attached hydrogen (secondary N) is 1. The molecule has 1 fully saturated rings. The van der Waals surface area contributed by atoms with Gasteiger partial charge in [0.05, 0.1) is 12.7 Å². The van der Waals surface area contributed by atoms with Gasteiger partial charge < -0.3 is 14.9 Å². The molecule has 0 bridgehead atoms. The van der Waals surface area contributed by atoms with Crippen LogP contribution in [-0.2, 0) is 9.57 Å². The number of carbonyl (C=O) groups is 1. The van der Waals surface area contributed by atoms with Crippen LogP contribution in [0.1, 0.15) is 6.42 Å². The first-order valence-corrected chi connectivity index (χ1v) is 5.40. The highest BCUT2D eigenvalue weighted by atomic mass is 16.7. The molecule has 1 saturated heterocycles. The second kappa shape index (κ2) is 4.80. The summed E-state index contributed by atoms with van der Waals surface area (Å²) in [4.78, 5) is 17.4. The zero-order valence-corrected chi connectivity index (χ0v) is 9.52. The minimum absolute atomic E-state index is 0.198. The number of hydrogen-bond donors (Lipinski definition) is 5. The average molecular weight is 260 g/mol. The molecule has 1 unspecified atom stereocenters. The van der Waals surface area contributed by atoms with Gasteiger partial charge in [-0.2, -0.15) is 0 Å². The topological polar surface area (TPSA) is 143 Å². The van der Waals surface area contributed by atoms with E-state index in [0.29, 0.717) is 0 Å². The molecule has 7 N–H and O–H groups in total. The normalized spacial score (nSPS) is 40.1. The number of carbonyl (C=O) groups excluding carboxylic acids is 1. The molecule has 0 aromatic heterocycles. The van der Waals surface area contributed by atoms with Crippen molar-refractivity contribution in [3.05, 3.63) is 12.3 Å². The molecule has 4 atom stereocenters. The Morgan fingerprint density at radius 2 is 2.44 bits per heavy atom. The fourth-order valence-corrected chi connectivity index (χ4v) is 1.88. The molecule has 102 valence electrons. The molecule has 9 heteroatoms. The molecule has 18 heavy (non-hydrogen) atoms. The Hall–Kier alpha value is -1.23. The highest BCUT2D eigenvalue weighted by molar-refractivity contribution is 5.77. The molecule has 2 aliphatic heterocycles. The van der Waals surface area contributed by atoms with Crippen molar-refractivity contribution in [3.63, 3.8) is 0 Å². The van der Waals surface area contributed by atoms with Crippen LogP contribution in [0.3, 0.4) is 0 Å². The van der Waals surface area contributed by atoms with E-state index in [4.69, 9.17) is 21.5 Å². The van der Waals surface area contributed by atoms with E-state index in [0.717, 1.165) is 0 Å². The molecule has 2 heterocycles. The third kappa shape index (κ3) is 2.32. The molecule has 2 aliphatic rings. The lowest BCUT2D eigenvalue weighted by Crippen LogP contribution is -2.63. The number of nitrogens with zero attached hydrogens (tertiary/aromatic N) is 1. The van der Waals surface area contributed by atoms with Gasteiger partial charge in [-0.15, -0.1) is 0 Å². The van der Waals surface area contributed by atoms with Crippen LogP contribution in [-0.4, -0.2) is 52.0 Å². The summed E-state index contributed by atoms with van der Waals surface area (Å²) in [6, 6.07) is -0.568. The van der Waals surface area contributed by atoms with Gasteiger partial charge in [0, 0.05) is 18.7 Å². The summed E-state index contributed by atoms with van der Waals surface area (Å²) in [7, 11) is 0. The van der Waals surface area contributed by atoms with E-state index in [-0.39, 0.29) is 13.0 Å². The predicted octanol–water partition coefficient (Wildman–Crippen LogP) is -2.50. The number of ether oxygens (including phenoxy) is 1. The first-order chi connectivity index (χ1) is 8.49. The number of amides is 2. The van der Waals surface area contributed by atoms with Crippen LogP contribution in [0.15, 0.2) is 12.3 Å². The van der Waals surface area contributed by atoms with Gasteiger partial charge in [0.2, 0.25) is 5.85 Å². The second-order valence-corrected chi connectivity index (χ2v) is 4.18. The third-order valence-electron chi connectivity index (χ3n) is 2.91. The summed E-state index contributed by atoms with van der Waals surface area (Å²) < 4.78 is 5.34. The Kier molecular flexibility index (Phi) is 3.52. The van der Waals surface area contributed by atoms with Crippen LogP contribution in [0, 0.1) is 0 Å². The van der Waals surface area contributed by atoms with Gasteiger partial charge in [0.1, 0.15) is 12.3 Å². The number of rotatable bonds is 3. The highest BCUT2D eigenvalue weighted by Crippen LogP contribution is 2.25. The van der Waals surface area contributed by atoms with Crippen LogP contribution < -0.4 is 16.9 Å². The summed E-state index contributed by atoms with van der Waals surface area (Å²) in [5, 5.41) is 20.9. The van der Waals surface area contributed by atoms with Gasteiger partial charge in [-0.1, -0.05) is 0 Å². The quantitative estimate of drug-likeness (QED) is 0.278. The average Bonchev–Trinajstić information content (AvgIpc) is 2.70. The summed E-state index contributed by atoms with van der Waals surface area (Å²) in [6.45, 7) is -0.316. The van der Waals surface area contributed by atoms with Crippen LogP contribution in [0.2, 0.25) is 0 Å². The molecule has 0 aromatic rings. The SMILES string of the molecule is NOC1(N)C=CN([C@H]2C[C@H](O)[C@@H](CO)O2)C(=O)N1. The number of aliphatic hydroxyl groups excluding tert-OH is 2. The molecular formula is C9H16N4O5. The monoisotopic (exact) mass is 260 g/mol. The maximum absolute atomic E-state index is 11.8. The Balaban J connectivity index is 2.07. The van der Waals surface area contributed by atoms with Gasteiger partial charge in [-0.25, -0.2) is 10.7 Å². The first-order valence-electron chi connectivity index (χ1n) is 5.40. The molecule has 2 amide bonds. The van der Waals surface area contributed by atoms with E-state index in [1.165, 1.54) is 17.2 Å². The Labute approximate surface area is 103 Å². The molecule has 0 saturated carbocycles. The van der Waals surface area contributed by atoms with Crippen LogP contribution >= 0.6 is 0 Å². The fourth-order valence-electron chi connectivity index (χ4n) is 1.88. The molecule has 0 radical (unpaired) electrons. The minimum Gasteiger partial charge on any atom is -0.394 e. The number of hydrogen-bond acceptors (Lipinski definition) is 7. The van der Waals surface area contributed by atoms with Crippen molar-refractivity contribution in [1.29, 1.82) is 0 Å². The minimum atomic E-state index is -1.55. The predicted molar refractivity (Wildman–Crippen MR) is 58.1 cm³/mol. The number of urea groups is 1. The molecule has 2 rings (SSSR count). The van der Waals surface area contributed by atoms with Gasteiger partial charge in [-0.05, 0) is 0 Å². The van der Waals surface area contributed by atoms with Gasteiger partial charge in [0.25, 0.3) is 0 Å². The smallest absolute Gasteiger partial charge is 0.327 e. The summed E-state index contributed by atoms with van der Waals surface area (Å²) in [5.41, 5.74) is 5.57. The zero-order chi connectivity index (χ0) is 13.3. The zero-order valence-electron chi connectivity index (χ0n) is 9.52. The maximum atomic E-state index is 11.8. The lowest BCUT2D eigenvalue weighted by Gasteiger charge is -2.35. The molecule has 0 spiro atoms. The summed E-state index contributed by atoms with van der Waals surface area (Å²) >= 11 is 0. The maximum Gasteiger partial charge on any atom is 0.327 e. The van der Waals surface area contributed by atoms with Crippen molar-refractivity contribution < 1.29 is 24.6 Å². The number of nitrogens with two attached hydrogens (primary N) is 2. The van der Waals surface area contributed by atoms with E-state index >= 15 is 0 Å². The van der Waals surface area contributed by atoms with E-state index in [1.807, 2.05) is 0 Å². The lowest BCUT2D eigenvalue weighted by atomic mass is 10.2. The number of aliphatic hydroxyl groups is 2. The molecular weight excluding hydrogens is 244 g/mol. The standard InChI is InChI=1S/C9H16N4O5/c10-9(18-11)1-2-13(8(16)12-9)7-3-5(15)6(4-14)17-7/h1-2,5-7,14-15H,3-4,10-11H2,(H,12,16)/t5-,6+,7+,9?/m0/s1. The van der Waals surface area contributed by atoms with Crippen LogP contribution in [0.5, 0.6) is 0 Å². The summed E-state index contributed by atoms with van der Waals surface area (Å²) in [6.07, 6.45) is 0.710. The Morgan fingerprint density at radius 1 is 1.72 bits per heavy atom. The van der Waals surface area contributed by atoms with Crippen LogP contribution in [0.25, 0.3) is 0 Å². The second-order valence-electron chi connectivity index (χ2n) is 4.18. The van der Waals surface area contributed by atoms with Gasteiger partial charge in [-0.3, -0.25) is 20.8 Å². The van der Waals surface area contributed by atoms with E-state index < -0.39 is 30.3 Å². The fraction of sp³-hybridized carbons (Fsp3) is 0.667. The van der Waals surface area contributed by atoms with Crippen LogP contribution in [0.4, 0.5) is 4.79 Å². The van der Waals surface area contributed by atoms with Crippen molar-refractivity contribution in [2.24, 2.45) is 11.6 Å².